The Balaban J connectivity index is 1.66. The van der Waals surface area contributed by atoms with E-state index in [1.54, 1.807) is 42.7 Å². The van der Waals surface area contributed by atoms with E-state index in [-0.39, 0.29) is 23.5 Å². The van der Waals surface area contributed by atoms with Gasteiger partial charge >= 0.3 is 6.09 Å². The minimum absolute atomic E-state index is 0.0837. The molecule has 0 spiro atoms. The number of amides is 3. The number of nitrogens with one attached hydrogen (secondary N) is 1. The van der Waals surface area contributed by atoms with Crippen LogP contribution in [0.1, 0.15) is 40.5 Å². The molecule has 3 heterocycles. The zero-order valence-corrected chi connectivity index (χ0v) is 21.3. The van der Waals surface area contributed by atoms with E-state index in [0.717, 1.165) is 18.4 Å². The van der Waals surface area contributed by atoms with Crippen LogP contribution in [0.5, 0.6) is 5.75 Å². The summed E-state index contributed by atoms with van der Waals surface area (Å²) < 4.78 is 7.06. The predicted molar refractivity (Wildman–Crippen MR) is 138 cm³/mol. The number of piperidine rings is 1. The fraction of sp³-hybridized carbons (Fsp3) is 0.360. The number of carbonyl (C=O) groups excluding carboxylic acids is 3. The molecule has 1 aromatic carbocycles. The molecule has 37 heavy (non-hydrogen) atoms. The van der Waals surface area contributed by atoms with E-state index >= 15 is 0 Å². The maximum Gasteiger partial charge on any atom is 0.414 e. The summed E-state index contributed by atoms with van der Waals surface area (Å²) in [5, 5.41) is 7.83. The first-order valence-electron chi connectivity index (χ1n) is 11.8. The third-order valence-corrected chi connectivity index (χ3v) is 6.51. The largest absolute Gasteiger partial charge is 0.414 e. The molecule has 1 fully saturated rings. The second kappa shape index (κ2) is 10.2. The smallest absolute Gasteiger partial charge is 0.410 e. The minimum atomic E-state index is -0.497. The van der Waals surface area contributed by atoms with Crippen LogP contribution in [-0.4, -0.2) is 74.6 Å². The Morgan fingerprint density at radius 1 is 1.22 bits per heavy atom. The van der Waals surface area contributed by atoms with Crippen LogP contribution in [0.25, 0.3) is 11.0 Å². The van der Waals surface area contributed by atoms with Gasteiger partial charge in [-0.25, -0.2) is 19.4 Å². The Kier molecular flexibility index (Phi) is 7.09. The first-order chi connectivity index (χ1) is 17.6. The van der Waals surface area contributed by atoms with Crippen molar-refractivity contribution < 1.29 is 19.1 Å². The number of fused-ring (bicyclic) bond motifs is 1. The lowest BCUT2D eigenvalue weighted by Gasteiger charge is -2.32. The fourth-order valence-electron chi connectivity index (χ4n) is 4.30. The molecule has 194 valence electrons. The molecule has 3 amide bonds. The standard InChI is InChI=1S/C25H30N8O4/c1-6-19(34)32-11-7-8-16(12-32)33-23-20(22(26)27-13-28-23)21(30-33)24(35)29-17-9-10-18(15(3)14(17)2)37-25(36)31(4)5/h6,9-10,13,16H,1,7-8,11-12H2,2-5H3,(H,29,35)(H2,26,27,28). The molecular formula is C25H30N8O4. The normalized spacial score (nSPS) is 15.4. The summed E-state index contributed by atoms with van der Waals surface area (Å²) in [6.45, 7) is 8.24. The maximum atomic E-state index is 13.4. The number of benzene rings is 1. The second-order valence-corrected chi connectivity index (χ2v) is 9.11. The number of nitrogens with zero attached hydrogens (tertiary/aromatic N) is 6. The van der Waals surface area contributed by atoms with Gasteiger partial charge in [-0.1, -0.05) is 6.58 Å². The lowest BCUT2D eigenvalue weighted by molar-refractivity contribution is -0.127. The molecule has 12 nitrogen and oxygen atoms in total. The quantitative estimate of drug-likeness (QED) is 0.502. The molecule has 3 N–H and O–H groups in total. The van der Waals surface area contributed by atoms with E-state index in [1.807, 2.05) is 6.92 Å². The van der Waals surface area contributed by atoms with E-state index < -0.39 is 12.0 Å². The highest BCUT2D eigenvalue weighted by molar-refractivity contribution is 6.13. The summed E-state index contributed by atoms with van der Waals surface area (Å²) >= 11 is 0. The summed E-state index contributed by atoms with van der Waals surface area (Å²) in [5.41, 5.74) is 8.64. The van der Waals surface area contributed by atoms with E-state index in [2.05, 4.69) is 27.0 Å². The van der Waals surface area contributed by atoms with Crippen molar-refractivity contribution in [3.05, 3.63) is 47.9 Å². The molecule has 0 saturated carbocycles. The van der Waals surface area contributed by atoms with Crippen molar-refractivity contribution in [1.29, 1.82) is 0 Å². The number of hydrogen-bond acceptors (Lipinski definition) is 8. The van der Waals surface area contributed by atoms with E-state index in [9.17, 15) is 14.4 Å². The zero-order valence-electron chi connectivity index (χ0n) is 21.3. The summed E-state index contributed by atoms with van der Waals surface area (Å²) in [5.74, 6) is -0.105. The van der Waals surface area contributed by atoms with Gasteiger partial charge in [-0.3, -0.25) is 9.59 Å². The fourth-order valence-corrected chi connectivity index (χ4v) is 4.30. The third kappa shape index (κ3) is 4.95. The molecule has 1 aliphatic rings. The van der Waals surface area contributed by atoms with Crippen molar-refractivity contribution in [2.24, 2.45) is 0 Å². The number of likely N-dealkylation sites (tertiary alicyclic amines) is 1. The first-order valence-corrected chi connectivity index (χ1v) is 11.8. The maximum absolute atomic E-state index is 13.4. The number of rotatable bonds is 5. The SMILES string of the molecule is C=CC(=O)N1CCCC(n2nc(C(=O)Nc3ccc(OC(=O)N(C)C)c(C)c3C)c3c(N)ncnc32)C1. The molecule has 1 unspecified atom stereocenters. The molecule has 0 radical (unpaired) electrons. The number of carbonyl (C=O) groups is 3. The van der Waals surface area contributed by atoms with Gasteiger partial charge in [-0.05, 0) is 56.0 Å². The van der Waals surface area contributed by atoms with Crippen molar-refractivity contribution in [3.63, 3.8) is 0 Å². The molecule has 1 aliphatic heterocycles. The van der Waals surface area contributed by atoms with E-state index in [4.69, 9.17) is 10.5 Å². The van der Waals surface area contributed by atoms with Crippen LogP contribution in [-0.2, 0) is 4.79 Å². The van der Waals surface area contributed by atoms with Gasteiger partial charge in [0.15, 0.2) is 11.3 Å². The Hall–Kier alpha value is -4.48. The van der Waals surface area contributed by atoms with Crippen molar-refractivity contribution in [2.75, 3.05) is 38.2 Å². The zero-order chi connectivity index (χ0) is 26.9. The second-order valence-electron chi connectivity index (χ2n) is 9.11. The molecular weight excluding hydrogens is 476 g/mol. The Labute approximate surface area is 214 Å². The summed E-state index contributed by atoms with van der Waals surface area (Å²) in [4.78, 5) is 49.0. The van der Waals surface area contributed by atoms with Gasteiger partial charge in [0.2, 0.25) is 5.91 Å². The lowest BCUT2D eigenvalue weighted by Crippen LogP contribution is -2.40. The number of anilines is 2. The van der Waals surface area contributed by atoms with Crippen LogP contribution >= 0.6 is 0 Å². The third-order valence-electron chi connectivity index (χ3n) is 6.51. The van der Waals surface area contributed by atoms with Crippen molar-refractivity contribution in [1.82, 2.24) is 29.5 Å². The van der Waals surface area contributed by atoms with Gasteiger partial charge in [0.05, 0.1) is 11.4 Å². The Bertz CT molecular complexity index is 1400. The summed E-state index contributed by atoms with van der Waals surface area (Å²) in [7, 11) is 3.19. The van der Waals surface area contributed by atoms with E-state index in [0.29, 0.717) is 41.1 Å². The molecule has 12 heteroatoms. The highest BCUT2D eigenvalue weighted by Crippen LogP contribution is 2.31. The van der Waals surface area contributed by atoms with Crippen LogP contribution in [0, 0.1) is 13.8 Å². The van der Waals surface area contributed by atoms with Crippen molar-refractivity contribution >= 4 is 40.4 Å². The van der Waals surface area contributed by atoms with Gasteiger partial charge in [0.25, 0.3) is 5.91 Å². The van der Waals surface area contributed by atoms with Crippen LogP contribution in [0.4, 0.5) is 16.3 Å². The van der Waals surface area contributed by atoms with Gasteiger partial charge in [0.1, 0.15) is 17.9 Å². The molecule has 0 aliphatic carbocycles. The highest BCUT2D eigenvalue weighted by Gasteiger charge is 2.29. The van der Waals surface area contributed by atoms with Gasteiger partial charge in [-0.2, -0.15) is 5.10 Å². The first kappa shape index (κ1) is 25.6. The monoisotopic (exact) mass is 506 g/mol. The number of nitrogens with two attached hydrogens (primary N) is 1. The van der Waals surface area contributed by atoms with Gasteiger partial charge in [0, 0.05) is 32.9 Å². The minimum Gasteiger partial charge on any atom is -0.410 e. The molecule has 4 rings (SSSR count). The van der Waals surface area contributed by atoms with Crippen molar-refractivity contribution in [3.8, 4) is 5.75 Å². The number of nitrogen functional groups attached to an aromatic ring is 1. The average Bonchev–Trinajstić information content (AvgIpc) is 3.29. The molecule has 2 aromatic heterocycles. The van der Waals surface area contributed by atoms with Crippen molar-refractivity contribution in [2.45, 2.75) is 32.7 Å². The molecule has 1 atom stereocenters. The molecule has 3 aromatic rings. The van der Waals surface area contributed by atoms with Crippen LogP contribution in [0.3, 0.4) is 0 Å². The van der Waals surface area contributed by atoms with Crippen LogP contribution in [0.2, 0.25) is 0 Å². The summed E-state index contributed by atoms with van der Waals surface area (Å²) in [6.07, 6.45) is 3.65. The topological polar surface area (TPSA) is 149 Å². The number of ether oxygens (including phenoxy) is 1. The average molecular weight is 507 g/mol. The predicted octanol–water partition coefficient (Wildman–Crippen LogP) is 2.69. The highest BCUT2D eigenvalue weighted by atomic mass is 16.6. The van der Waals surface area contributed by atoms with Crippen LogP contribution < -0.4 is 15.8 Å². The van der Waals surface area contributed by atoms with Gasteiger partial charge < -0.3 is 25.6 Å². The van der Waals surface area contributed by atoms with E-state index in [1.165, 1.54) is 17.3 Å². The molecule has 1 saturated heterocycles. The number of hydrogen-bond donors (Lipinski definition) is 2. The molecule has 0 bridgehead atoms. The number of aromatic nitrogens is 4. The van der Waals surface area contributed by atoms with Crippen LogP contribution in [0.15, 0.2) is 31.1 Å². The Morgan fingerprint density at radius 3 is 2.68 bits per heavy atom. The summed E-state index contributed by atoms with van der Waals surface area (Å²) in [6, 6.07) is 3.10. The Morgan fingerprint density at radius 2 is 1.97 bits per heavy atom. The lowest BCUT2D eigenvalue weighted by atomic mass is 10.1. The van der Waals surface area contributed by atoms with Gasteiger partial charge in [-0.15, -0.1) is 0 Å².